The lowest BCUT2D eigenvalue weighted by Crippen LogP contribution is -2.18. The lowest BCUT2D eigenvalue weighted by atomic mass is 10.1. The fourth-order valence-electron chi connectivity index (χ4n) is 2.04. The lowest BCUT2D eigenvalue weighted by Gasteiger charge is -2.09. The van der Waals surface area contributed by atoms with Crippen molar-refractivity contribution in [3.05, 3.63) is 42.6 Å². The van der Waals surface area contributed by atoms with Crippen molar-refractivity contribution < 1.29 is 0 Å². The molecule has 3 rings (SSSR count). The van der Waals surface area contributed by atoms with Crippen LogP contribution in [0.15, 0.2) is 36.8 Å². The van der Waals surface area contributed by atoms with Crippen LogP contribution in [-0.4, -0.2) is 31.3 Å². The van der Waals surface area contributed by atoms with Gasteiger partial charge in [-0.05, 0) is 31.2 Å². The summed E-state index contributed by atoms with van der Waals surface area (Å²) < 4.78 is 1.57. The molecule has 1 unspecified atom stereocenters. The van der Waals surface area contributed by atoms with Crippen LogP contribution in [0.2, 0.25) is 0 Å². The fourth-order valence-corrected chi connectivity index (χ4v) is 2.04. The predicted molar refractivity (Wildman–Crippen MR) is 74.6 cm³/mol. The summed E-state index contributed by atoms with van der Waals surface area (Å²) in [5.74, 6) is 0.594. The summed E-state index contributed by atoms with van der Waals surface area (Å²) in [6.45, 7) is 0.509. The van der Waals surface area contributed by atoms with Crippen molar-refractivity contribution >= 4 is 5.52 Å². The highest BCUT2D eigenvalue weighted by Gasteiger charge is 2.12. The van der Waals surface area contributed by atoms with Gasteiger partial charge in [-0.2, -0.15) is 14.8 Å². The highest BCUT2D eigenvalue weighted by molar-refractivity contribution is 5.76. The van der Waals surface area contributed by atoms with E-state index in [1.807, 2.05) is 18.2 Å². The molecule has 3 aromatic rings. The van der Waals surface area contributed by atoms with Gasteiger partial charge in [-0.25, -0.2) is 9.97 Å². The maximum Gasteiger partial charge on any atom is 0.145 e. The van der Waals surface area contributed by atoms with Crippen molar-refractivity contribution in [3.8, 4) is 11.3 Å². The zero-order valence-corrected chi connectivity index (χ0v) is 10.8. The van der Waals surface area contributed by atoms with Crippen molar-refractivity contribution in [1.82, 2.24) is 24.8 Å². The molecule has 1 atom stereocenters. The SMILES string of the molecule is NCCC(N)c1nccc(-c2cnn3ncccc23)n1. The Kier molecular flexibility index (Phi) is 3.36. The van der Waals surface area contributed by atoms with Crippen LogP contribution in [-0.2, 0) is 0 Å². The first-order valence-electron chi connectivity index (χ1n) is 6.37. The van der Waals surface area contributed by atoms with Crippen LogP contribution in [0, 0.1) is 0 Å². The Balaban J connectivity index is 2.04. The summed E-state index contributed by atoms with van der Waals surface area (Å²) in [7, 11) is 0. The van der Waals surface area contributed by atoms with Crippen molar-refractivity contribution in [2.24, 2.45) is 11.5 Å². The maximum atomic E-state index is 6.00. The van der Waals surface area contributed by atoms with Gasteiger partial charge in [0.1, 0.15) is 5.82 Å². The van der Waals surface area contributed by atoms with Gasteiger partial charge < -0.3 is 11.5 Å². The van der Waals surface area contributed by atoms with Gasteiger partial charge in [0.25, 0.3) is 0 Å². The van der Waals surface area contributed by atoms with E-state index in [1.165, 1.54) is 0 Å². The standard InChI is InChI=1S/C13H15N7/c14-5-3-10(15)13-16-7-4-11(19-13)9-8-18-20-12(9)2-1-6-17-20/h1-2,4,6-8,10H,3,5,14-15H2. The second kappa shape index (κ2) is 5.32. The normalized spacial score (nSPS) is 12.7. The third kappa shape index (κ3) is 2.24. The number of nitrogens with two attached hydrogens (primary N) is 2. The smallest absolute Gasteiger partial charge is 0.145 e. The first kappa shape index (κ1) is 12.6. The van der Waals surface area contributed by atoms with E-state index >= 15 is 0 Å². The van der Waals surface area contributed by atoms with E-state index in [9.17, 15) is 0 Å². The van der Waals surface area contributed by atoms with Gasteiger partial charge in [0.2, 0.25) is 0 Å². The molecule has 3 aromatic heterocycles. The van der Waals surface area contributed by atoms with Crippen molar-refractivity contribution in [2.45, 2.75) is 12.5 Å². The number of hydrogen-bond acceptors (Lipinski definition) is 6. The number of hydrogen-bond donors (Lipinski definition) is 2. The molecule has 7 heteroatoms. The summed E-state index contributed by atoms with van der Waals surface area (Å²) in [6.07, 6.45) is 5.78. The van der Waals surface area contributed by atoms with Crippen molar-refractivity contribution in [1.29, 1.82) is 0 Å². The summed E-state index contributed by atoms with van der Waals surface area (Å²) in [5.41, 5.74) is 14.1. The van der Waals surface area contributed by atoms with Crippen LogP contribution in [0.25, 0.3) is 16.8 Å². The summed E-state index contributed by atoms with van der Waals surface area (Å²) in [6, 6.07) is 5.39. The van der Waals surface area contributed by atoms with Crippen molar-refractivity contribution in [3.63, 3.8) is 0 Å². The summed E-state index contributed by atoms with van der Waals surface area (Å²) >= 11 is 0. The molecular weight excluding hydrogens is 254 g/mol. The number of fused-ring (bicyclic) bond motifs is 1. The zero-order chi connectivity index (χ0) is 13.9. The molecule has 102 valence electrons. The van der Waals surface area contributed by atoms with Gasteiger partial charge in [-0.3, -0.25) is 0 Å². The third-order valence-electron chi connectivity index (χ3n) is 3.06. The second-order valence-electron chi connectivity index (χ2n) is 4.44. The Morgan fingerprint density at radius 2 is 2.10 bits per heavy atom. The molecule has 4 N–H and O–H groups in total. The van der Waals surface area contributed by atoms with Gasteiger partial charge in [0.15, 0.2) is 0 Å². The monoisotopic (exact) mass is 269 g/mol. The Morgan fingerprint density at radius 1 is 1.20 bits per heavy atom. The molecule has 0 aliphatic heterocycles. The first-order chi connectivity index (χ1) is 9.79. The molecule has 20 heavy (non-hydrogen) atoms. The van der Waals surface area contributed by atoms with Crippen LogP contribution in [0.4, 0.5) is 0 Å². The molecule has 0 radical (unpaired) electrons. The first-order valence-corrected chi connectivity index (χ1v) is 6.37. The minimum Gasteiger partial charge on any atom is -0.330 e. The number of rotatable bonds is 4. The van der Waals surface area contributed by atoms with Gasteiger partial charge in [-0.15, -0.1) is 0 Å². The van der Waals surface area contributed by atoms with Gasteiger partial charge in [-0.1, -0.05) is 0 Å². The molecule has 0 amide bonds. The Labute approximate surface area is 115 Å². The van der Waals surface area contributed by atoms with Crippen LogP contribution >= 0.6 is 0 Å². The molecule has 0 bridgehead atoms. The quantitative estimate of drug-likeness (QED) is 0.715. The maximum absolute atomic E-state index is 6.00. The highest BCUT2D eigenvalue weighted by Crippen LogP contribution is 2.22. The average molecular weight is 269 g/mol. The van der Waals surface area contributed by atoms with Crippen LogP contribution < -0.4 is 11.5 Å². The second-order valence-corrected chi connectivity index (χ2v) is 4.44. The Bertz CT molecular complexity index is 721. The van der Waals surface area contributed by atoms with Gasteiger partial charge in [0, 0.05) is 18.0 Å². The molecule has 0 saturated carbocycles. The van der Waals surface area contributed by atoms with E-state index in [4.69, 9.17) is 11.5 Å². The lowest BCUT2D eigenvalue weighted by molar-refractivity contribution is 0.621. The topological polar surface area (TPSA) is 108 Å². The summed E-state index contributed by atoms with van der Waals surface area (Å²) in [4.78, 5) is 8.72. The Morgan fingerprint density at radius 3 is 2.95 bits per heavy atom. The average Bonchev–Trinajstić information content (AvgIpc) is 2.91. The van der Waals surface area contributed by atoms with E-state index in [0.29, 0.717) is 18.8 Å². The van der Waals surface area contributed by atoms with Crippen LogP contribution in [0.1, 0.15) is 18.3 Å². The Hall–Kier alpha value is -2.38. The van der Waals surface area contributed by atoms with Crippen LogP contribution in [0.3, 0.4) is 0 Å². The van der Waals surface area contributed by atoms with Gasteiger partial charge >= 0.3 is 0 Å². The van der Waals surface area contributed by atoms with Crippen LogP contribution in [0.5, 0.6) is 0 Å². The number of aromatic nitrogens is 5. The molecule has 0 aromatic carbocycles. The molecular formula is C13H15N7. The molecule has 3 heterocycles. The van der Waals surface area contributed by atoms with Gasteiger partial charge in [0.05, 0.1) is 23.4 Å². The largest absolute Gasteiger partial charge is 0.330 e. The fraction of sp³-hybridized carbons (Fsp3) is 0.231. The van der Waals surface area contributed by atoms with E-state index in [-0.39, 0.29) is 6.04 Å². The van der Waals surface area contributed by atoms with Crippen molar-refractivity contribution in [2.75, 3.05) is 6.54 Å². The predicted octanol–water partition coefficient (Wildman–Crippen LogP) is 0.535. The third-order valence-corrected chi connectivity index (χ3v) is 3.06. The van der Waals surface area contributed by atoms with E-state index in [2.05, 4.69) is 20.2 Å². The zero-order valence-electron chi connectivity index (χ0n) is 10.8. The molecule has 0 fully saturated rings. The summed E-state index contributed by atoms with van der Waals surface area (Å²) in [5, 5.41) is 8.34. The molecule has 0 saturated heterocycles. The molecule has 0 aliphatic carbocycles. The van der Waals surface area contributed by atoms with E-state index in [1.54, 1.807) is 23.2 Å². The molecule has 0 spiro atoms. The minimum absolute atomic E-state index is 0.250. The molecule has 0 aliphatic rings. The molecule has 7 nitrogen and oxygen atoms in total. The minimum atomic E-state index is -0.250. The van der Waals surface area contributed by atoms with E-state index < -0.39 is 0 Å². The highest BCUT2D eigenvalue weighted by atomic mass is 15.4. The van der Waals surface area contributed by atoms with E-state index in [0.717, 1.165) is 16.8 Å². The number of nitrogens with zero attached hydrogens (tertiary/aromatic N) is 5.